The lowest BCUT2D eigenvalue weighted by Crippen LogP contribution is -1.98. The molecule has 60 valence electrons. The van der Waals surface area contributed by atoms with Gasteiger partial charge in [0.05, 0.1) is 4.92 Å². The number of rotatable bonds is 1. The van der Waals surface area contributed by atoms with E-state index < -0.39 is 4.92 Å². The first-order chi connectivity index (χ1) is 5.65. The second-order valence-corrected chi connectivity index (χ2v) is 2.01. The lowest BCUT2D eigenvalue weighted by Gasteiger charge is -1.95. The highest BCUT2D eigenvalue weighted by Crippen LogP contribution is 2.15. The van der Waals surface area contributed by atoms with E-state index in [1.807, 2.05) is 0 Å². The van der Waals surface area contributed by atoms with Gasteiger partial charge in [-0.2, -0.15) is 0 Å². The Labute approximate surface area is 68.4 Å². The summed E-state index contributed by atoms with van der Waals surface area (Å²) in [5.74, 6) is 2.26. The van der Waals surface area contributed by atoms with Gasteiger partial charge >= 0.3 is 5.69 Å². The van der Waals surface area contributed by atoms with E-state index in [0.717, 1.165) is 0 Å². The first kappa shape index (κ1) is 8.01. The number of nitrogen functional groups attached to an aromatic ring is 1. The molecule has 0 fully saturated rings. The van der Waals surface area contributed by atoms with Crippen LogP contribution in [0.4, 0.5) is 11.5 Å². The summed E-state index contributed by atoms with van der Waals surface area (Å²) in [5.41, 5.74) is 5.03. The monoisotopic (exact) mass is 163 g/mol. The maximum absolute atomic E-state index is 10.3. The Morgan fingerprint density at radius 3 is 2.83 bits per heavy atom. The van der Waals surface area contributed by atoms with Crippen molar-refractivity contribution < 1.29 is 4.92 Å². The molecule has 0 aromatic carbocycles. The van der Waals surface area contributed by atoms with Gasteiger partial charge in [0.1, 0.15) is 5.82 Å². The fourth-order valence-corrected chi connectivity index (χ4v) is 0.720. The van der Waals surface area contributed by atoms with Gasteiger partial charge in [0.2, 0.25) is 0 Å². The molecule has 0 bridgehead atoms. The van der Waals surface area contributed by atoms with Gasteiger partial charge in [0, 0.05) is 6.07 Å². The van der Waals surface area contributed by atoms with Crippen molar-refractivity contribution in [3.8, 4) is 12.3 Å². The normalized spacial score (nSPS) is 8.92. The van der Waals surface area contributed by atoms with Crippen LogP contribution in [-0.4, -0.2) is 9.91 Å². The van der Waals surface area contributed by atoms with Crippen molar-refractivity contribution in [1.82, 2.24) is 4.98 Å². The van der Waals surface area contributed by atoms with Crippen LogP contribution in [0.3, 0.4) is 0 Å². The largest absolute Gasteiger partial charge is 0.384 e. The molecular formula is C7H5N3O2. The molecule has 0 atom stereocenters. The molecule has 5 nitrogen and oxygen atoms in total. The molecule has 0 amide bonds. The molecule has 2 N–H and O–H groups in total. The summed E-state index contributed by atoms with van der Waals surface area (Å²) in [6.45, 7) is 0. The number of pyridine rings is 1. The molecule has 0 spiro atoms. The number of nitro groups is 1. The second kappa shape index (κ2) is 2.88. The van der Waals surface area contributed by atoms with Gasteiger partial charge < -0.3 is 5.73 Å². The van der Waals surface area contributed by atoms with Crippen LogP contribution in [-0.2, 0) is 0 Å². The fourth-order valence-electron chi connectivity index (χ4n) is 0.720. The van der Waals surface area contributed by atoms with Crippen molar-refractivity contribution in [3.63, 3.8) is 0 Å². The second-order valence-electron chi connectivity index (χ2n) is 2.01. The van der Waals surface area contributed by atoms with Crippen LogP contribution in [0.25, 0.3) is 0 Å². The lowest BCUT2D eigenvalue weighted by atomic mass is 10.3. The maximum atomic E-state index is 10.3. The van der Waals surface area contributed by atoms with Crippen molar-refractivity contribution in [2.75, 3.05) is 5.73 Å². The Kier molecular flexibility index (Phi) is 1.92. The molecule has 0 aliphatic carbocycles. The summed E-state index contributed by atoms with van der Waals surface area (Å²) in [6.07, 6.45) is 4.98. The summed E-state index contributed by atoms with van der Waals surface area (Å²) in [5, 5.41) is 10.3. The number of nitrogens with zero attached hydrogens (tertiary/aromatic N) is 2. The van der Waals surface area contributed by atoms with Crippen molar-refractivity contribution in [2.45, 2.75) is 0 Å². The van der Waals surface area contributed by atoms with Crippen LogP contribution >= 0.6 is 0 Å². The molecule has 1 aromatic rings. The van der Waals surface area contributed by atoms with Gasteiger partial charge in [-0.15, -0.1) is 6.42 Å². The van der Waals surface area contributed by atoms with Crippen LogP contribution in [0, 0.1) is 22.5 Å². The highest BCUT2D eigenvalue weighted by atomic mass is 16.6. The molecule has 0 unspecified atom stereocenters. The first-order valence-electron chi connectivity index (χ1n) is 3.02. The molecule has 0 aliphatic heterocycles. The zero-order valence-corrected chi connectivity index (χ0v) is 6.02. The van der Waals surface area contributed by atoms with E-state index in [1.165, 1.54) is 12.1 Å². The van der Waals surface area contributed by atoms with Crippen LogP contribution in [0.2, 0.25) is 0 Å². The Morgan fingerprint density at radius 2 is 2.33 bits per heavy atom. The van der Waals surface area contributed by atoms with E-state index in [9.17, 15) is 10.1 Å². The van der Waals surface area contributed by atoms with E-state index in [1.54, 1.807) is 0 Å². The molecule has 0 saturated carbocycles. The predicted molar refractivity (Wildman–Crippen MR) is 43.2 cm³/mol. The number of anilines is 1. The lowest BCUT2D eigenvalue weighted by molar-refractivity contribution is -0.385. The summed E-state index contributed by atoms with van der Waals surface area (Å²) >= 11 is 0. The van der Waals surface area contributed by atoms with E-state index in [4.69, 9.17) is 12.2 Å². The first-order valence-corrected chi connectivity index (χ1v) is 3.02. The highest BCUT2D eigenvalue weighted by Gasteiger charge is 2.12. The summed E-state index contributed by atoms with van der Waals surface area (Å²) in [7, 11) is 0. The quantitative estimate of drug-likeness (QED) is 0.372. The smallest absolute Gasteiger partial charge is 0.303 e. The number of hydrogen-bond donors (Lipinski definition) is 1. The van der Waals surface area contributed by atoms with Crippen molar-refractivity contribution in [1.29, 1.82) is 0 Å². The summed E-state index contributed by atoms with van der Waals surface area (Å²) in [6, 6.07) is 2.57. The number of nitrogens with two attached hydrogens (primary N) is 1. The molecule has 1 rings (SSSR count). The Morgan fingerprint density at radius 1 is 1.67 bits per heavy atom. The van der Waals surface area contributed by atoms with Crippen LogP contribution in [0.15, 0.2) is 12.1 Å². The minimum atomic E-state index is -0.596. The maximum Gasteiger partial charge on any atom is 0.303 e. The minimum Gasteiger partial charge on any atom is -0.384 e. The average molecular weight is 163 g/mol. The number of aromatic nitrogens is 1. The third kappa shape index (κ3) is 1.32. The van der Waals surface area contributed by atoms with Crippen LogP contribution in [0.1, 0.15) is 5.69 Å². The molecule has 1 heterocycles. The third-order valence-electron chi connectivity index (χ3n) is 1.23. The van der Waals surface area contributed by atoms with Gasteiger partial charge in [-0.1, -0.05) is 0 Å². The molecular weight excluding hydrogens is 158 g/mol. The zero-order chi connectivity index (χ0) is 9.14. The predicted octanol–water partition coefficient (Wildman–Crippen LogP) is 0.553. The summed E-state index contributed by atoms with van der Waals surface area (Å²) < 4.78 is 0. The van der Waals surface area contributed by atoms with Crippen molar-refractivity contribution in [3.05, 3.63) is 27.9 Å². The molecule has 0 radical (unpaired) electrons. The van der Waals surface area contributed by atoms with Gasteiger partial charge in [-0.05, 0) is 12.0 Å². The highest BCUT2D eigenvalue weighted by molar-refractivity contribution is 5.49. The van der Waals surface area contributed by atoms with Crippen molar-refractivity contribution in [2.24, 2.45) is 0 Å². The molecule has 1 aromatic heterocycles. The van der Waals surface area contributed by atoms with Gasteiger partial charge in [-0.25, -0.2) is 4.98 Å². The minimum absolute atomic E-state index is 0.0417. The molecule has 5 heteroatoms. The van der Waals surface area contributed by atoms with Gasteiger partial charge in [0.25, 0.3) is 0 Å². The third-order valence-corrected chi connectivity index (χ3v) is 1.23. The van der Waals surface area contributed by atoms with E-state index in [2.05, 4.69) is 10.9 Å². The standard InChI is InChI=1S/C7H5N3O2/c1-2-5-6(10(11)12)3-4-7(8)9-5/h1,3-4H,(H2,8,9). The van der Waals surface area contributed by atoms with E-state index in [0.29, 0.717) is 0 Å². The topological polar surface area (TPSA) is 82.0 Å². The SMILES string of the molecule is C#Cc1nc(N)ccc1[N+](=O)[O-]. The van der Waals surface area contributed by atoms with Crippen molar-refractivity contribution >= 4 is 11.5 Å². The number of hydrogen-bond acceptors (Lipinski definition) is 4. The van der Waals surface area contributed by atoms with E-state index in [-0.39, 0.29) is 17.2 Å². The Hall–Kier alpha value is -2.09. The molecule has 0 saturated heterocycles. The van der Waals surface area contributed by atoms with Gasteiger partial charge in [0.15, 0.2) is 5.69 Å². The molecule has 12 heavy (non-hydrogen) atoms. The molecule has 0 aliphatic rings. The summed E-state index contributed by atoms with van der Waals surface area (Å²) in [4.78, 5) is 13.3. The Bertz CT molecular complexity index is 367. The van der Waals surface area contributed by atoms with E-state index >= 15 is 0 Å². The number of terminal acetylenes is 1. The zero-order valence-electron chi connectivity index (χ0n) is 6.02. The fraction of sp³-hybridized carbons (Fsp3) is 0. The van der Waals surface area contributed by atoms with Gasteiger partial charge in [-0.3, -0.25) is 10.1 Å². The van der Waals surface area contributed by atoms with Crippen LogP contribution < -0.4 is 5.73 Å². The Balaban J connectivity index is 3.32. The van der Waals surface area contributed by atoms with Crippen LogP contribution in [0.5, 0.6) is 0 Å². The average Bonchev–Trinajstić information content (AvgIpc) is 2.03.